The van der Waals surface area contributed by atoms with E-state index >= 15 is 0 Å². The zero-order valence-corrected chi connectivity index (χ0v) is 13.1. The second-order valence-corrected chi connectivity index (χ2v) is 6.49. The monoisotopic (exact) mass is 285 g/mol. The van der Waals surface area contributed by atoms with Crippen molar-refractivity contribution in [1.82, 2.24) is 5.32 Å². The average Bonchev–Trinajstić information content (AvgIpc) is 2.34. The molecule has 0 radical (unpaired) electrons. The summed E-state index contributed by atoms with van der Waals surface area (Å²) >= 11 is 5.84. The first kappa shape index (κ1) is 16.5. The predicted octanol–water partition coefficient (Wildman–Crippen LogP) is 4.68. The molecule has 0 heterocycles. The molecular weight excluding hydrogens is 261 g/mol. The molecule has 0 saturated heterocycles. The number of nitrogens with one attached hydrogen (secondary N) is 1. The summed E-state index contributed by atoms with van der Waals surface area (Å²) in [6.07, 6.45) is 1.71. The van der Waals surface area contributed by atoms with Crippen LogP contribution in [0, 0.1) is 17.2 Å². The van der Waals surface area contributed by atoms with Gasteiger partial charge in [-0.15, -0.1) is 0 Å². The molecule has 3 heteroatoms. The number of rotatable bonds is 7. The Morgan fingerprint density at radius 3 is 2.63 bits per heavy atom. The Hall–Kier alpha value is -0.600. The van der Waals surface area contributed by atoms with Gasteiger partial charge < -0.3 is 5.32 Å². The van der Waals surface area contributed by atoms with Crippen molar-refractivity contribution in [3.63, 3.8) is 0 Å². The highest BCUT2D eigenvalue weighted by Gasteiger charge is 2.24. The first-order valence-electron chi connectivity index (χ1n) is 7.01. The Bertz CT molecular complexity index is 406. The standard InChI is InChI=1S/C16H25ClFN/c1-5-16(4,11-19-10-12(2)3)9-13-7-6-8-14(17)15(13)18/h6-8,12,19H,5,9-11H2,1-4H3. The van der Waals surface area contributed by atoms with Crippen molar-refractivity contribution in [3.05, 3.63) is 34.6 Å². The molecule has 0 saturated carbocycles. The normalized spacial score (nSPS) is 14.7. The van der Waals surface area contributed by atoms with Gasteiger partial charge in [-0.05, 0) is 42.3 Å². The van der Waals surface area contributed by atoms with Crippen LogP contribution in [0.3, 0.4) is 0 Å². The number of hydrogen-bond donors (Lipinski definition) is 1. The molecule has 0 aromatic heterocycles. The maximum Gasteiger partial charge on any atom is 0.144 e. The third kappa shape index (κ3) is 5.12. The molecule has 0 bridgehead atoms. The average molecular weight is 286 g/mol. The van der Waals surface area contributed by atoms with Crippen LogP contribution in [0.15, 0.2) is 18.2 Å². The first-order chi connectivity index (χ1) is 8.88. The third-order valence-electron chi connectivity index (χ3n) is 3.61. The van der Waals surface area contributed by atoms with Crippen molar-refractivity contribution in [2.75, 3.05) is 13.1 Å². The van der Waals surface area contributed by atoms with Gasteiger partial charge in [0.15, 0.2) is 0 Å². The van der Waals surface area contributed by atoms with E-state index in [4.69, 9.17) is 11.6 Å². The lowest BCUT2D eigenvalue weighted by atomic mass is 9.81. The Balaban J connectivity index is 2.71. The molecule has 1 rings (SSSR count). The number of benzene rings is 1. The second kappa shape index (κ2) is 7.25. The zero-order chi connectivity index (χ0) is 14.5. The fraction of sp³-hybridized carbons (Fsp3) is 0.625. The summed E-state index contributed by atoms with van der Waals surface area (Å²) in [6, 6.07) is 5.25. The highest BCUT2D eigenvalue weighted by molar-refractivity contribution is 6.30. The molecule has 0 aliphatic carbocycles. The molecule has 19 heavy (non-hydrogen) atoms. The minimum atomic E-state index is -0.271. The van der Waals surface area contributed by atoms with Gasteiger partial charge in [-0.3, -0.25) is 0 Å². The van der Waals surface area contributed by atoms with E-state index in [1.54, 1.807) is 6.07 Å². The molecule has 1 N–H and O–H groups in total. The van der Waals surface area contributed by atoms with Crippen LogP contribution >= 0.6 is 11.6 Å². The minimum absolute atomic E-state index is 0.0560. The van der Waals surface area contributed by atoms with E-state index in [0.717, 1.165) is 19.5 Å². The lowest BCUT2D eigenvalue weighted by Gasteiger charge is -2.29. The largest absolute Gasteiger partial charge is 0.316 e. The molecule has 0 amide bonds. The molecule has 1 aromatic rings. The van der Waals surface area contributed by atoms with E-state index < -0.39 is 0 Å². The molecule has 0 aliphatic heterocycles. The van der Waals surface area contributed by atoms with Crippen LogP contribution < -0.4 is 5.32 Å². The summed E-state index contributed by atoms with van der Waals surface area (Å²) < 4.78 is 14.0. The molecule has 1 atom stereocenters. The Morgan fingerprint density at radius 2 is 2.05 bits per heavy atom. The van der Waals surface area contributed by atoms with Crippen molar-refractivity contribution in [3.8, 4) is 0 Å². The van der Waals surface area contributed by atoms with Gasteiger partial charge >= 0.3 is 0 Å². The summed E-state index contributed by atoms with van der Waals surface area (Å²) in [6.45, 7) is 10.6. The van der Waals surface area contributed by atoms with Crippen LogP contribution in [0.1, 0.15) is 39.7 Å². The Morgan fingerprint density at radius 1 is 1.37 bits per heavy atom. The zero-order valence-electron chi connectivity index (χ0n) is 12.4. The third-order valence-corrected chi connectivity index (χ3v) is 3.90. The molecule has 1 aromatic carbocycles. The van der Waals surface area contributed by atoms with Crippen LogP contribution in [0.25, 0.3) is 0 Å². The van der Waals surface area contributed by atoms with E-state index in [2.05, 4.69) is 33.0 Å². The van der Waals surface area contributed by atoms with Crippen LogP contribution in [-0.2, 0) is 6.42 Å². The second-order valence-electron chi connectivity index (χ2n) is 6.08. The van der Waals surface area contributed by atoms with Gasteiger partial charge in [-0.1, -0.05) is 51.4 Å². The van der Waals surface area contributed by atoms with Crippen molar-refractivity contribution in [2.45, 2.75) is 40.5 Å². The lowest BCUT2D eigenvalue weighted by molar-refractivity contribution is 0.282. The topological polar surface area (TPSA) is 12.0 Å². The van der Waals surface area contributed by atoms with Crippen LogP contribution in [0.5, 0.6) is 0 Å². The van der Waals surface area contributed by atoms with Gasteiger partial charge in [0.05, 0.1) is 5.02 Å². The summed E-state index contributed by atoms with van der Waals surface area (Å²) in [4.78, 5) is 0. The summed E-state index contributed by atoms with van der Waals surface area (Å²) in [5.74, 6) is 0.358. The highest BCUT2D eigenvalue weighted by atomic mass is 35.5. The summed E-state index contributed by atoms with van der Waals surface area (Å²) in [5.41, 5.74) is 0.767. The van der Waals surface area contributed by atoms with Gasteiger partial charge in [0.25, 0.3) is 0 Å². The van der Waals surface area contributed by atoms with Crippen molar-refractivity contribution >= 4 is 11.6 Å². The van der Waals surface area contributed by atoms with Crippen LogP contribution in [0.4, 0.5) is 4.39 Å². The predicted molar refractivity (Wildman–Crippen MR) is 81.2 cm³/mol. The van der Waals surface area contributed by atoms with Gasteiger partial charge in [-0.2, -0.15) is 0 Å². The quantitative estimate of drug-likeness (QED) is 0.767. The van der Waals surface area contributed by atoms with Crippen molar-refractivity contribution in [2.24, 2.45) is 11.3 Å². The van der Waals surface area contributed by atoms with Crippen molar-refractivity contribution < 1.29 is 4.39 Å². The lowest BCUT2D eigenvalue weighted by Crippen LogP contribution is -2.35. The van der Waals surface area contributed by atoms with Gasteiger partial charge in [-0.25, -0.2) is 4.39 Å². The smallest absolute Gasteiger partial charge is 0.144 e. The molecular formula is C16H25ClFN. The first-order valence-corrected chi connectivity index (χ1v) is 7.39. The Kier molecular flexibility index (Phi) is 6.28. The Labute approximate surface area is 121 Å². The fourth-order valence-corrected chi connectivity index (χ4v) is 2.31. The van der Waals surface area contributed by atoms with Gasteiger partial charge in [0.2, 0.25) is 0 Å². The van der Waals surface area contributed by atoms with Gasteiger partial charge in [0.1, 0.15) is 5.82 Å². The van der Waals surface area contributed by atoms with E-state index in [-0.39, 0.29) is 16.3 Å². The number of halogens is 2. The van der Waals surface area contributed by atoms with E-state index in [0.29, 0.717) is 17.9 Å². The number of hydrogen-bond acceptors (Lipinski definition) is 1. The SMILES string of the molecule is CCC(C)(CNCC(C)C)Cc1cccc(Cl)c1F. The van der Waals surface area contributed by atoms with E-state index in [1.165, 1.54) is 0 Å². The highest BCUT2D eigenvalue weighted by Crippen LogP contribution is 2.29. The molecule has 1 unspecified atom stereocenters. The summed E-state index contributed by atoms with van der Waals surface area (Å²) in [5, 5.41) is 3.69. The van der Waals surface area contributed by atoms with E-state index in [1.807, 2.05) is 12.1 Å². The van der Waals surface area contributed by atoms with Crippen LogP contribution in [-0.4, -0.2) is 13.1 Å². The fourth-order valence-electron chi connectivity index (χ4n) is 2.12. The molecule has 108 valence electrons. The van der Waals surface area contributed by atoms with E-state index in [9.17, 15) is 4.39 Å². The molecule has 0 spiro atoms. The minimum Gasteiger partial charge on any atom is -0.316 e. The molecule has 1 nitrogen and oxygen atoms in total. The maximum absolute atomic E-state index is 14.0. The van der Waals surface area contributed by atoms with Crippen molar-refractivity contribution in [1.29, 1.82) is 0 Å². The molecule has 0 aliphatic rings. The van der Waals surface area contributed by atoms with Gasteiger partial charge in [0, 0.05) is 6.54 Å². The molecule has 0 fully saturated rings. The maximum atomic E-state index is 14.0. The summed E-state index contributed by atoms with van der Waals surface area (Å²) in [7, 11) is 0. The van der Waals surface area contributed by atoms with Crippen LogP contribution in [0.2, 0.25) is 5.02 Å².